The van der Waals surface area contributed by atoms with E-state index in [9.17, 15) is 8.78 Å². The second-order valence-corrected chi connectivity index (χ2v) is 5.24. The minimum absolute atomic E-state index is 0.223. The molecule has 0 aliphatic heterocycles. The Morgan fingerprint density at radius 3 is 2.52 bits per heavy atom. The first-order valence-electron chi connectivity index (χ1n) is 6.72. The van der Waals surface area contributed by atoms with Crippen molar-refractivity contribution in [3.8, 4) is 0 Å². The summed E-state index contributed by atoms with van der Waals surface area (Å²) in [5.41, 5.74) is 8.48. The summed E-state index contributed by atoms with van der Waals surface area (Å²) in [4.78, 5) is 7.34. The standard InChI is InChI=1S/C16H15F2N3/c1-9(10-2-4-11(19)5-3-10)6-16-20-14-7-12(17)13(18)8-15(14)21-16/h2-5,7-9H,6,19H2,1H3,(H,20,21). The normalized spacial score (nSPS) is 12.7. The summed E-state index contributed by atoms with van der Waals surface area (Å²) in [6.45, 7) is 2.07. The molecule has 0 aliphatic rings. The number of rotatable bonds is 3. The highest BCUT2D eigenvalue weighted by molar-refractivity contribution is 5.75. The van der Waals surface area contributed by atoms with Crippen LogP contribution in [0.2, 0.25) is 0 Å². The van der Waals surface area contributed by atoms with E-state index in [4.69, 9.17) is 5.73 Å². The predicted octanol–water partition coefficient (Wildman–Crippen LogP) is 3.77. The fraction of sp³-hybridized carbons (Fsp3) is 0.188. The summed E-state index contributed by atoms with van der Waals surface area (Å²) >= 11 is 0. The minimum atomic E-state index is -0.882. The SMILES string of the molecule is CC(Cc1nc2cc(F)c(F)cc2[nH]1)c1ccc(N)cc1. The number of nitrogens with zero attached hydrogens (tertiary/aromatic N) is 1. The van der Waals surface area contributed by atoms with Crippen LogP contribution in [-0.2, 0) is 6.42 Å². The van der Waals surface area contributed by atoms with Crippen molar-refractivity contribution in [1.29, 1.82) is 0 Å². The highest BCUT2D eigenvalue weighted by Crippen LogP contribution is 2.22. The van der Waals surface area contributed by atoms with Gasteiger partial charge in [0.25, 0.3) is 0 Å². The number of nitrogen functional groups attached to an aromatic ring is 1. The summed E-state index contributed by atoms with van der Waals surface area (Å²) in [5.74, 6) is -0.823. The monoisotopic (exact) mass is 287 g/mol. The van der Waals surface area contributed by atoms with Crippen molar-refractivity contribution in [3.63, 3.8) is 0 Å². The first kappa shape index (κ1) is 13.5. The Bertz CT molecular complexity index is 739. The van der Waals surface area contributed by atoms with E-state index in [0.29, 0.717) is 23.3 Å². The Labute approximate surface area is 120 Å². The average molecular weight is 287 g/mol. The number of H-pyrrole nitrogens is 1. The van der Waals surface area contributed by atoms with E-state index in [-0.39, 0.29) is 5.92 Å². The molecule has 108 valence electrons. The topological polar surface area (TPSA) is 54.7 Å². The number of anilines is 1. The second-order valence-electron chi connectivity index (χ2n) is 5.24. The van der Waals surface area contributed by atoms with Crippen molar-refractivity contribution in [2.24, 2.45) is 0 Å². The first-order valence-corrected chi connectivity index (χ1v) is 6.72. The van der Waals surface area contributed by atoms with E-state index < -0.39 is 11.6 Å². The number of fused-ring (bicyclic) bond motifs is 1. The van der Waals surface area contributed by atoms with Crippen LogP contribution < -0.4 is 5.73 Å². The van der Waals surface area contributed by atoms with Crippen molar-refractivity contribution in [1.82, 2.24) is 9.97 Å². The number of benzene rings is 2. The number of hydrogen-bond donors (Lipinski definition) is 2. The molecular formula is C16H15F2N3. The fourth-order valence-electron chi connectivity index (χ4n) is 2.39. The smallest absolute Gasteiger partial charge is 0.161 e. The Hall–Kier alpha value is -2.43. The van der Waals surface area contributed by atoms with Crippen LogP contribution in [0.3, 0.4) is 0 Å². The number of imidazole rings is 1. The van der Waals surface area contributed by atoms with E-state index >= 15 is 0 Å². The van der Waals surface area contributed by atoms with Crippen molar-refractivity contribution in [2.45, 2.75) is 19.3 Å². The number of aromatic amines is 1. The largest absolute Gasteiger partial charge is 0.399 e. The third-order valence-electron chi connectivity index (χ3n) is 3.58. The van der Waals surface area contributed by atoms with Gasteiger partial charge in [-0.25, -0.2) is 13.8 Å². The zero-order valence-electron chi connectivity index (χ0n) is 11.5. The summed E-state index contributed by atoms with van der Waals surface area (Å²) in [7, 11) is 0. The molecule has 2 aromatic carbocycles. The molecule has 3 N–H and O–H groups in total. The van der Waals surface area contributed by atoms with Gasteiger partial charge in [0, 0.05) is 24.2 Å². The third-order valence-corrected chi connectivity index (χ3v) is 3.58. The van der Waals surface area contributed by atoms with Crippen LogP contribution in [0, 0.1) is 11.6 Å². The van der Waals surface area contributed by atoms with Gasteiger partial charge in [0.2, 0.25) is 0 Å². The molecule has 1 atom stereocenters. The molecule has 0 saturated heterocycles. The van der Waals surface area contributed by atoms with Crippen LogP contribution in [0.1, 0.15) is 24.2 Å². The lowest BCUT2D eigenvalue weighted by Gasteiger charge is -2.10. The van der Waals surface area contributed by atoms with Crippen LogP contribution in [0.25, 0.3) is 11.0 Å². The van der Waals surface area contributed by atoms with Gasteiger partial charge in [-0.05, 0) is 23.6 Å². The van der Waals surface area contributed by atoms with Crippen LogP contribution in [0.5, 0.6) is 0 Å². The van der Waals surface area contributed by atoms with Gasteiger partial charge in [-0.15, -0.1) is 0 Å². The quantitative estimate of drug-likeness (QED) is 0.720. The maximum Gasteiger partial charge on any atom is 0.161 e. The van der Waals surface area contributed by atoms with E-state index in [1.807, 2.05) is 24.3 Å². The number of nitrogens with one attached hydrogen (secondary N) is 1. The van der Waals surface area contributed by atoms with Crippen LogP contribution in [0.15, 0.2) is 36.4 Å². The van der Waals surface area contributed by atoms with Crippen LogP contribution in [-0.4, -0.2) is 9.97 Å². The average Bonchev–Trinajstić information content (AvgIpc) is 2.81. The van der Waals surface area contributed by atoms with E-state index in [1.54, 1.807) is 0 Å². The number of halogens is 2. The minimum Gasteiger partial charge on any atom is -0.399 e. The molecular weight excluding hydrogens is 272 g/mol. The molecule has 0 fully saturated rings. The van der Waals surface area contributed by atoms with E-state index in [0.717, 1.165) is 23.4 Å². The van der Waals surface area contributed by atoms with Gasteiger partial charge in [-0.2, -0.15) is 0 Å². The third kappa shape index (κ3) is 2.72. The molecule has 0 saturated carbocycles. The molecule has 21 heavy (non-hydrogen) atoms. The summed E-state index contributed by atoms with van der Waals surface area (Å²) in [6, 6.07) is 9.90. The van der Waals surface area contributed by atoms with Gasteiger partial charge in [0.15, 0.2) is 11.6 Å². The Kier molecular flexibility index (Phi) is 3.33. The van der Waals surface area contributed by atoms with Gasteiger partial charge in [-0.3, -0.25) is 0 Å². The van der Waals surface area contributed by atoms with Gasteiger partial charge >= 0.3 is 0 Å². The highest BCUT2D eigenvalue weighted by Gasteiger charge is 2.12. The molecule has 1 heterocycles. The van der Waals surface area contributed by atoms with E-state index in [1.165, 1.54) is 0 Å². The van der Waals surface area contributed by atoms with Crippen molar-refractivity contribution in [2.75, 3.05) is 5.73 Å². The van der Waals surface area contributed by atoms with Crippen molar-refractivity contribution >= 4 is 16.7 Å². The first-order chi connectivity index (χ1) is 10.0. The zero-order valence-corrected chi connectivity index (χ0v) is 11.5. The number of hydrogen-bond acceptors (Lipinski definition) is 2. The van der Waals surface area contributed by atoms with Gasteiger partial charge < -0.3 is 10.7 Å². The molecule has 3 nitrogen and oxygen atoms in total. The van der Waals surface area contributed by atoms with Crippen molar-refractivity contribution in [3.05, 3.63) is 59.4 Å². The van der Waals surface area contributed by atoms with Crippen LogP contribution in [0.4, 0.5) is 14.5 Å². The lowest BCUT2D eigenvalue weighted by molar-refractivity contribution is 0.510. The summed E-state index contributed by atoms with van der Waals surface area (Å²) in [5, 5.41) is 0. The molecule has 0 amide bonds. The Morgan fingerprint density at radius 2 is 1.81 bits per heavy atom. The molecule has 5 heteroatoms. The number of aromatic nitrogens is 2. The molecule has 0 radical (unpaired) electrons. The second kappa shape index (κ2) is 5.16. The molecule has 0 bridgehead atoms. The maximum atomic E-state index is 13.2. The Balaban J connectivity index is 1.85. The molecule has 1 unspecified atom stereocenters. The van der Waals surface area contributed by atoms with Crippen LogP contribution >= 0.6 is 0 Å². The molecule has 1 aromatic heterocycles. The lowest BCUT2D eigenvalue weighted by atomic mass is 9.97. The maximum absolute atomic E-state index is 13.2. The van der Waals surface area contributed by atoms with Gasteiger partial charge in [0.05, 0.1) is 11.0 Å². The summed E-state index contributed by atoms with van der Waals surface area (Å²) in [6.07, 6.45) is 0.655. The van der Waals surface area contributed by atoms with Gasteiger partial charge in [-0.1, -0.05) is 19.1 Å². The molecule has 3 aromatic rings. The lowest BCUT2D eigenvalue weighted by Crippen LogP contribution is -2.00. The number of nitrogens with two attached hydrogens (primary N) is 1. The fourth-order valence-corrected chi connectivity index (χ4v) is 2.39. The summed E-state index contributed by atoms with van der Waals surface area (Å²) < 4.78 is 26.4. The van der Waals surface area contributed by atoms with E-state index in [2.05, 4.69) is 16.9 Å². The molecule has 0 aliphatic carbocycles. The highest BCUT2D eigenvalue weighted by atomic mass is 19.2. The van der Waals surface area contributed by atoms with Crippen molar-refractivity contribution < 1.29 is 8.78 Å². The Morgan fingerprint density at radius 1 is 1.14 bits per heavy atom. The molecule has 3 rings (SSSR count). The molecule has 0 spiro atoms. The van der Waals surface area contributed by atoms with Gasteiger partial charge in [0.1, 0.15) is 5.82 Å². The zero-order chi connectivity index (χ0) is 15.0. The predicted molar refractivity (Wildman–Crippen MR) is 79.0 cm³/mol.